The van der Waals surface area contributed by atoms with E-state index < -0.39 is 22.9 Å². The van der Waals surface area contributed by atoms with E-state index in [1.54, 1.807) is 6.92 Å². The first-order valence-corrected chi connectivity index (χ1v) is 12.2. The van der Waals surface area contributed by atoms with Crippen LogP contribution < -0.4 is 5.32 Å². The number of carbonyl (C=O) groups is 3. The highest BCUT2D eigenvalue weighted by Crippen LogP contribution is 2.44. The van der Waals surface area contributed by atoms with Crippen LogP contribution in [0.5, 0.6) is 0 Å². The van der Waals surface area contributed by atoms with Crippen molar-refractivity contribution in [3.05, 3.63) is 59.7 Å². The van der Waals surface area contributed by atoms with Crippen molar-refractivity contribution in [2.24, 2.45) is 0 Å². The molecule has 0 bridgehead atoms. The first-order valence-electron chi connectivity index (χ1n) is 11.1. The summed E-state index contributed by atoms with van der Waals surface area (Å²) in [7, 11) is 0. The summed E-state index contributed by atoms with van der Waals surface area (Å²) in [6.45, 7) is 4.22. The Morgan fingerprint density at radius 1 is 1.12 bits per heavy atom. The van der Waals surface area contributed by atoms with Gasteiger partial charge in [-0.2, -0.15) is 0 Å². The van der Waals surface area contributed by atoms with Gasteiger partial charge >= 0.3 is 12.1 Å². The zero-order chi connectivity index (χ0) is 23.6. The number of ether oxygens (including phenoxy) is 1. The van der Waals surface area contributed by atoms with Crippen LogP contribution in [-0.2, 0) is 14.3 Å². The van der Waals surface area contributed by atoms with Gasteiger partial charge in [-0.15, -0.1) is 11.8 Å². The summed E-state index contributed by atoms with van der Waals surface area (Å²) < 4.78 is 5.62. The molecule has 0 saturated carbocycles. The number of amides is 2. The number of aliphatic carboxylic acids is 1. The third-order valence-corrected chi connectivity index (χ3v) is 7.70. The van der Waals surface area contributed by atoms with E-state index >= 15 is 0 Å². The molecule has 0 spiro atoms. The molecule has 0 radical (unpaired) electrons. The predicted octanol–water partition coefficient (Wildman–Crippen LogP) is 3.72. The normalized spacial score (nSPS) is 19.2. The number of carboxylic acids is 1. The number of nitrogens with zero attached hydrogens (tertiary/aromatic N) is 1. The third-order valence-electron chi connectivity index (χ3n) is 6.53. The zero-order valence-corrected chi connectivity index (χ0v) is 19.6. The Morgan fingerprint density at radius 2 is 1.73 bits per heavy atom. The van der Waals surface area contributed by atoms with Crippen molar-refractivity contribution in [3.8, 4) is 11.1 Å². The summed E-state index contributed by atoms with van der Waals surface area (Å²) in [6.07, 6.45) is -0.298. The fraction of sp³-hybridized carbons (Fsp3) is 0.400. The van der Waals surface area contributed by atoms with Gasteiger partial charge in [0, 0.05) is 24.8 Å². The standard InChI is InChI=1S/C25H28N2O5S/c1-3-25(2,23(30)27-12-13-33-21(14-27)22(28)29)26-24(31)32-15-20-18-10-6-4-8-16(18)17-9-5-7-11-19(17)20/h4-11,20-21H,3,12-15H2,1-2H3,(H,26,31)(H,28,29). The van der Waals surface area contributed by atoms with Crippen LogP contribution in [0.4, 0.5) is 4.79 Å². The molecule has 1 saturated heterocycles. The Morgan fingerprint density at radius 3 is 2.30 bits per heavy atom. The average molecular weight is 469 g/mol. The molecule has 1 aliphatic carbocycles. The molecule has 2 aromatic carbocycles. The number of nitrogens with one attached hydrogen (secondary N) is 1. The van der Waals surface area contributed by atoms with E-state index in [4.69, 9.17) is 4.74 Å². The Balaban J connectivity index is 1.42. The number of hydrogen-bond donors (Lipinski definition) is 2. The smallest absolute Gasteiger partial charge is 0.408 e. The lowest BCUT2D eigenvalue weighted by atomic mass is 9.96. The summed E-state index contributed by atoms with van der Waals surface area (Å²) in [6, 6.07) is 16.2. The van der Waals surface area contributed by atoms with Crippen LogP contribution in [0, 0.1) is 0 Å². The fourth-order valence-corrected chi connectivity index (χ4v) is 5.52. The lowest BCUT2D eigenvalue weighted by Crippen LogP contribution is -2.60. The molecule has 2 amide bonds. The number of fused-ring (bicyclic) bond motifs is 3. The van der Waals surface area contributed by atoms with Gasteiger partial charge in [-0.05, 0) is 35.6 Å². The molecule has 0 aromatic heterocycles. The van der Waals surface area contributed by atoms with Crippen LogP contribution in [0.2, 0.25) is 0 Å². The molecule has 1 aliphatic heterocycles. The van der Waals surface area contributed by atoms with Crippen molar-refractivity contribution < 1.29 is 24.2 Å². The second kappa shape index (κ2) is 9.47. The minimum absolute atomic E-state index is 0.0674. The maximum atomic E-state index is 13.2. The number of rotatable bonds is 6. The Bertz CT molecular complexity index is 1030. The summed E-state index contributed by atoms with van der Waals surface area (Å²) >= 11 is 1.33. The fourth-order valence-electron chi connectivity index (χ4n) is 4.48. The van der Waals surface area contributed by atoms with Crippen molar-refractivity contribution in [2.45, 2.75) is 37.0 Å². The Kier molecular flexibility index (Phi) is 6.65. The van der Waals surface area contributed by atoms with E-state index in [-0.39, 0.29) is 25.0 Å². The summed E-state index contributed by atoms with van der Waals surface area (Å²) in [5, 5.41) is 11.4. The first kappa shape index (κ1) is 23.2. The molecule has 2 aromatic rings. The van der Waals surface area contributed by atoms with Crippen molar-refractivity contribution in [1.29, 1.82) is 0 Å². The molecule has 2 aliphatic rings. The van der Waals surface area contributed by atoms with E-state index in [1.807, 2.05) is 43.3 Å². The van der Waals surface area contributed by atoms with Crippen molar-refractivity contribution in [2.75, 3.05) is 25.4 Å². The van der Waals surface area contributed by atoms with E-state index in [0.717, 1.165) is 22.3 Å². The topological polar surface area (TPSA) is 95.9 Å². The molecule has 2 atom stereocenters. The van der Waals surface area contributed by atoms with Gasteiger partial charge in [0.25, 0.3) is 0 Å². The highest BCUT2D eigenvalue weighted by atomic mass is 32.2. The molecule has 1 fully saturated rings. The average Bonchev–Trinajstić information content (AvgIpc) is 3.16. The molecular formula is C25H28N2O5S. The number of carbonyl (C=O) groups excluding carboxylic acids is 2. The SMILES string of the molecule is CCC(C)(NC(=O)OCC1c2ccccc2-c2ccccc21)C(=O)N1CCSC(C(=O)O)C1. The van der Waals surface area contributed by atoms with Crippen LogP contribution in [-0.4, -0.2) is 64.2 Å². The molecule has 8 heteroatoms. The summed E-state index contributed by atoms with van der Waals surface area (Å²) in [5.41, 5.74) is 3.35. The van der Waals surface area contributed by atoms with Gasteiger partial charge in [0.1, 0.15) is 17.4 Å². The second-order valence-electron chi connectivity index (χ2n) is 8.59. The Labute approximate surface area is 197 Å². The number of thioether (sulfide) groups is 1. The lowest BCUT2D eigenvalue weighted by Gasteiger charge is -2.37. The van der Waals surface area contributed by atoms with Gasteiger partial charge in [-0.25, -0.2) is 4.79 Å². The third kappa shape index (κ3) is 4.57. The monoisotopic (exact) mass is 468 g/mol. The molecule has 2 N–H and O–H groups in total. The number of hydrogen-bond acceptors (Lipinski definition) is 5. The van der Waals surface area contributed by atoms with Crippen molar-refractivity contribution in [3.63, 3.8) is 0 Å². The summed E-state index contributed by atoms with van der Waals surface area (Å²) in [4.78, 5) is 38.8. The predicted molar refractivity (Wildman–Crippen MR) is 127 cm³/mol. The minimum atomic E-state index is -1.17. The molecule has 4 rings (SSSR count). The molecular weight excluding hydrogens is 440 g/mol. The van der Waals surface area contributed by atoms with Crippen LogP contribution in [0.3, 0.4) is 0 Å². The van der Waals surface area contributed by atoms with Gasteiger partial charge in [-0.1, -0.05) is 55.5 Å². The minimum Gasteiger partial charge on any atom is -0.480 e. The summed E-state index contributed by atoms with van der Waals surface area (Å²) in [5.74, 6) is -0.736. The number of alkyl carbamates (subject to hydrolysis) is 1. The van der Waals surface area contributed by atoms with Gasteiger partial charge in [-0.3, -0.25) is 9.59 Å². The number of benzene rings is 2. The van der Waals surface area contributed by atoms with E-state index in [2.05, 4.69) is 17.4 Å². The van der Waals surface area contributed by atoms with E-state index in [0.29, 0.717) is 18.7 Å². The Hall–Kier alpha value is -3.00. The van der Waals surface area contributed by atoms with Crippen molar-refractivity contribution >= 4 is 29.7 Å². The highest BCUT2D eigenvalue weighted by Gasteiger charge is 2.40. The molecule has 33 heavy (non-hydrogen) atoms. The molecule has 7 nitrogen and oxygen atoms in total. The molecule has 1 heterocycles. The van der Waals surface area contributed by atoms with E-state index in [1.165, 1.54) is 16.7 Å². The van der Waals surface area contributed by atoms with Crippen LogP contribution in [0.15, 0.2) is 48.5 Å². The van der Waals surface area contributed by atoms with Gasteiger partial charge < -0.3 is 20.1 Å². The van der Waals surface area contributed by atoms with Crippen molar-refractivity contribution in [1.82, 2.24) is 10.2 Å². The maximum absolute atomic E-state index is 13.2. The van der Waals surface area contributed by atoms with Gasteiger partial charge in [0.15, 0.2) is 0 Å². The quantitative estimate of drug-likeness (QED) is 0.671. The van der Waals surface area contributed by atoms with E-state index in [9.17, 15) is 19.5 Å². The lowest BCUT2D eigenvalue weighted by molar-refractivity contribution is -0.140. The van der Waals surface area contributed by atoms with Crippen LogP contribution in [0.1, 0.15) is 37.3 Å². The highest BCUT2D eigenvalue weighted by molar-refractivity contribution is 8.00. The molecule has 2 unspecified atom stereocenters. The van der Waals surface area contributed by atoms with Gasteiger partial charge in [0.05, 0.1) is 0 Å². The second-order valence-corrected chi connectivity index (χ2v) is 9.90. The largest absolute Gasteiger partial charge is 0.480 e. The van der Waals surface area contributed by atoms with Gasteiger partial charge in [0.2, 0.25) is 5.91 Å². The molecule has 174 valence electrons. The zero-order valence-electron chi connectivity index (χ0n) is 18.7. The van der Waals surface area contributed by atoms with Crippen LogP contribution in [0.25, 0.3) is 11.1 Å². The maximum Gasteiger partial charge on any atom is 0.408 e. The van der Waals surface area contributed by atoms with Crippen LogP contribution >= 0.6 is 11.8 Å². The number of carboxylic acid groups (broad SMARTS) is 1. The first-order chi connectivity index (χ1) is 15.8.